The molecule has 5 heteroatoms. The van der Waals surface area contributed by atoms with E-state index in [9.17, 15) is 13.9 Å². The number of hydrogen-bond donors (Lipinski definition) is 1. The Morgan fingerprint density at radius 2 is 1.37 bits per heavy atom. The SMILES string of the molecule is C=C(CCCCCCCC)C(F)(F)C(O)CCO[Si](c1ccccc1)(c1ccccc1)C(C)(C)C. The lowest BCUT2D eigenvalue weighted by Crippen LogP contribution is -2.66. The van der Waals surface area contributed by atoms with E-state index in [1.807, 2.05) is 36.4 Å². The number of benzene rings is 2. The largest absolute Gasteiger partial charge is 0.407 e. The van der Waals surface area contributed by atoms with Crippen molar-refractivity contribution in [1.29, 1.82) is 0 Å². The molecule has 0 saturated carbocycles. The van der Waals surface area contributed by atoms with Crippen LogP contribution in [0.15, 0.2) is 72.8 Å². The Bertz CT molecular complexity index is 839. The van der Waals surface area contributed by atoms with Gasteiger partial charge in [0.1, 0.15) is 6.10 Å². The fourth-order valence-electron chi connectivity index (χ4n) is 4.79. The Hall–Kier alpha value is -1.82. The van der Waals surface area contributed by atoms with Crippen LogP contribution in [0, 0.1) is 0 Å². The first kappa shape index (κ1) is 29.4. The second-order valence-corrected chi connectivity index (χ2v) is 14.9. The molecule has 0 aromatic heterocycles. The normalized spacial score (nSPS) is 13.6. The molecule has 0 fully saturated rings. The molecule has 35 heavy (non-hydrogen) atoms. The van der Waals surface area contributed by atoms with Crippen LogP contribution in [-0.4, -0.2) is 32.1 Å². The van der Waals surface area contributed by atoms with Gasteiger partial charge in [-0.15, -0.1) is 0 Å². The maximum Gasteiger partial charge on any atom is 0.294 e. The summed E-state index contributed by atoms with van der Waals surface area (Å²) in [5.74, 6) is -3.32. The van der Waals surface area contributed by atoms with Gasteiger partial charge >= 0.3 is 0 Å². The molecule has 2 aromatic rings. The van der Waals surface area contributed by atoms with E-state index in [4.69, 9.17) is 4.43 Å². The molecule has 2 nitrogen and oxygen atoms in total. The van der Waals surface area contributed by atoms with Gasteiger partial charge in [-0.2, -0.15) is 8.78 Å². The highest BCUT2D eigenvalue weighted by molar-refractivity contribution is 6.99. The smallest absolute Gasteiger partial charge is 0.294 e. The van der Waals surface area contributed by atoms with Crippen molar-refractivity contribution in [2.24, 2.45) is 0 Å². The van der Waals surface area contributed by atoms with Crippen molar-refractivity contribution in [1.82, 2.24) is 0 Å². The Morgan fingerprint density at radius 1 is 0.886 bits per heavy atom. The van der Waals surface area contributed by atoms with Crippen molar-refractivity contribution in [3.8, 4) is 0 Å². The molecular weight excluding hydrogens is 458 g/mol. The minimum Gasteiger partial charge on any atom is -0.407 e. The highest BCUT2D eigenvalue weighted by Crippen LogP contribution is 2.37. The predicted octanol–water partition coefficient (Wildman–Crippen LogP) is 7.26. The van der Waals surface area contributed by atoms with Crippen LogP contribution in [0.2, 0.25) is 5.04 Å². The van der Waals surface area contributed by atoms with Gasteiger partial charge < -0.3 is 9.53 Å². The lowest BCUT2D eigenvalue weighted by atomic mass is 9.97. The number of aliphatic hydroxyl groups is 1. The quantitative estimate of drug-likeness (QED) is 0.158. The van der Waals surface area contributed by atoms with E-state index in [1.165, 1.54) is 6.42 Å². The predicted molar refractivity (Wildman–Crippen MR) is 146 cm³/mol. The zero-order valence-corrected chi connectivity index (χ0v) is 23.0. The second-order valence-electron chi connectivity index (χ2n) is 10.6. The summed E-state index contributed by atoms with van der Waals surface area (Å²) in [7, 11) is -2.82. The van der Waals surface area contributed by atoms with Crippen LogP contribution in [0.3, 0.4) is 0 Å². The van der Waals surface area contributed by atoms with Gasteiger partial charge in [0, 0.05) is 13.0 Å². The maximum atomic E-state index is 14.9. The van der Waals surface area contributed by atoms with Gasteiger partial charge in [-0.3, -0.25) is 0 Å². The van der Waals surface area contributed by atoms with E-state index in [-0.39, 0.29) is 30.1 Å². The van der Waals surface area contributed by atoms with Gasteiger partial charge in [0.15, 0.2) is 0 Å². The van der Waals surface area contributed by atoms with E-state index >= 15 is 0 Å². The molecule has 0 radical (unpaired) electrons. The summed E-state index contributed by atoms with van der Waals surface area (Å²) in [4.78, 5) is 0. The molecule has 1 unspecified atom stereocenters. The fourth-order valence-corrected chi connectivity index (χ4v) is 9.37. The molecule has 0 aliphatic rings. The van der Waals surface area contributed by atoms with Gasteiger partial charge in [0.05, 0.1) is 0 Å². The van der Waals surface area contributed by atoms with Crippen LogP contribution in [0.5, 0.6) is 0 Å². The summed E-state index contributed by atoms with van der Waals surface area (Å²) in [6.07, 6.45) is 4.43. The van der Waals surface area contributed by atoms with E-state index in [1.54, 1.807) is 0 Å². The maximum absolute atomic E-state index is 14.9. The van der Waals surface area contributed by atoms with Crippen molar-refractivity contribution in [2.45, 2.75) is 96.1 Å². The number of rotatable bonds is 15. The molecule has 1 atom stereocenters. The summed E-state index contributed by atoms with van der Waals surface area (Å²) >= 11 is 0. The second kappa shape index (κ2) is 13.5. The molecule has 0 spiro atoms. The van der Waals surface area contributed by atoms with Gasteiger partial charge in [-0.1, -0.05) is 127 Å². The van der Waals surface area contributed by atoms with Gasteiger partial charge in [0.2, 0.25) is 0 Å². The molecular formula is C30H44F2O2Si. The molecule has 0 aliphatic carbocycles. The zero-order chi connectivity index (χ0) is 26.0. The summed E-state index contributed by atoms with van der Waals surface area (Å²) in [5, 5.41) is 12.4. The lowest BCUT2D eigenvalue weighted by Gasteiger charge is -2.43. The number of unbranched alkanes of at least 4 members (excludes halogenated alkanes) is 5. The molecule has 2 rings (SSSR count). The van der Waals surface area contributed by atoms with Crippen molar-refractivity contribution in [3.63, 3.8) is 0 Å². The average molecular weight is 503 g/mol. The topological polar surface area (TPSA) is 29.5 Å². The molecule has 0 aliphatic heterocycles. The lowest BCUT2D eigenvalue weighted by molar-refractivity contribution is -0.0871. The molecule has 194 valence electrons. The number of hydrogen-bond acceptors (Lipinski definition) is 2. The molecule has 1 N–H and O–H groups in total. The van der Waals surface area contributed by atoms with Gasteiger partial charge in [0.25, 0.3) is 14.2 Å². The molecule has 0 bridgehead atoms. The minimum absolute atomic E-state index is 0.0499. The fraction of sp³-hybridized carbons (Fsp3) is 0.533. The van der Waals surface area contributed by atoms with Crippen LogP contribution >= 0.6 is 0 Å². The first-order valence-electron chi connectivity index (χ1n) is 13.1. The average Bonchev–Trinajstić information content (AvgIpc) is 2.84. The third-order valence-electron chi connectivity index (χ3n) is 6.85. The van der Waals surface area contributed by atoms with Crippen LogP contribution in [-0.2, 0) is 4.43 Å². The standard InChI is InChI=1S/C30H44F2O2Si/c1-6-7-8-9-10-13-18-25(2)30(31,32)28(33)23-24-34-35(29(3,4)5,26-19-14-11-15-20-26)27-21-16-12-17-22-27/h11-12,14-17,19-22,28,33H,2,6-10,13,18,23-24H2,1,3-5H3. The Balaban J connectivity index is 2.11. The van der Waals surface area contributed by atoms with Crippen molar-refractivity contribution >= 4 is 18.7 Å². The first-order valence-corrected chi connectivity index (χ1v) is 15.0. The van der Waals surface area contributed by atoms with E-state index < -0.39 is 20.3 Å². The minimum atomic E-state index is -3.32. The van der Waals surface area contributed by atoms with Crippen LogP contribution in [0.25, 0.3) is 0 Å². The first-order chi connectivity index (χ1) is 16.6. The molecule has 0 saturated heterocycles. The third-order valence-corrected chi connectivity index (χ3v) is 11.9. The summed E-state index contributed by atoms with van der Waals surface area (Å²) in [5.41, 5.74) is -0.175. The van der Waals surface area contributed by atoms with Gasteiger partial charge in [-0.05, 0) is 33.8 Å². The van der Waals surface area contributed by atoms with E-state index in [0.29, 0.717) is 6.42 Å². The Kier molecular flexibility index (Phi) is 11.3. The number of alkyl halides is 2. The zero-order valence-electron chi connectivity index (χ0n) is 22.0. The Labute approximate surface area is 212 Å². The van der Waals surface area contributed by atoms with Crippen LogP contribution in [0.1, 0.15) is 79.1 Å². The highest BCUT2D eigenvalue weighted by atomic mass is 28.4. The monoisotopic (exact) mass is 502 g/mol. The number of halogens is 2. The van der Waals surface area contributed by atoms with Crippen molar-refractivity contribution in [2.75, 3.05) is 6.61 Å². The summed E-state index contributed by atoms with van der Waals surface area (Å²) in [6.45, 7) is 12.3. The van der Waals surface area contributed by atoms with Crippen LogP contribution < -0.4 is 10.4 Å². The Morgan fingerprint density at radius 3 is 1.86 bits per heavy atom. The van der Waals surface area contributed by atoms with Crippen LogP contribution in [0.4, 0.5) is 8.78 Å². The van der Waals surface area contributed by atoms with E-state index in [2.05, 4.69) is 58.5 Å². The van der Waals surface area contributed by atoms with E-state index in [0.717, 1.165) is 36.1 Å². The third kappa shape index (κ3) is 7.58. The van der Waals surface area contributed by atoms with Crippen molar-refractivity contribution < 1.29 is 18.3 Å². The van der Waals surface area contributed by atoms with Gasteiger partial charge in [-0.25, -0.2) is 0 Å². The highest BCUT2D eigenvalue weighted by Gasteiger charge is 2.50. The molecule has 2 aromatic carbocycles. The summed E-state index contributed by atoms with van der Waals surface area (Å²) in [6, 6.07) is 20.2. The van der Waals surface area contributed by atoms with Crippen molar-refractivity contribution in [3.05, 3.63) is 72.8 Å². The summed E-state index contributed by atoms with van der Waals surface area (Å²) < 4.78 is 36.6. The molecule has 0 heterocycles. The number of aliphatic hydroxyl groups excluding tert-OH is 1. The molecule has 0 amide bonds.